The maximum atomic E-state index is 12.6. The molecule has 4 aromatic rings. The Kier molecular flexibility index (Phi) is 6.72. The van der Waals surface area contributed by atoms with Crippen LogP contribution in [0.1, 0.15) is 47.6 Å². The molecule has 0 spiro atoms. The molecule has 2 atom stereocenters. The molecule has 1 aliphatic rings. The minimum Gasteiger partial charge on any atom is -0.496 e. The molecule has 5 rings (SSSR count). The zero-order chi connectivity index (χ0) is 25.9. The molecule has 2 heterocycles. The van der Waals surface area contributed by atoms with Crippen LogP contribution in [0.5, 0.6) is 5.75 Å². The van der Waals surface area contributed by atoms with E-state index in [4.69, 9.17) is 15.6 Å². The number of ether oxygens (including phenoxy) is 1. The maximum Gasteiger partial charge on any atom is 0.306 e. The Labute approximate surface area is 213 Å². The van der Waals surface area contributed by atoms with Crippen LogP contribution in [0.3, 0.4) is 0 Å². The van der Waals surface area contributed by atoms with Crippen LogP contribution in [0.25, 0.3) is 22.3 Å². The second-order valence-electron chi connectivity index (χ2n) is 9.19. The summed E-state index contributed by atoms with van der Waals surface area (Å²) in [6.45, 7) is 0.344. The molecule has 0 radical (unpaired) electrons. The van der Waals surface area contributed by atoms with Gasteiger partial charge in [-0.2, -0.15) is 5.10 Å². The Morgan fingerprint density at radius 3 is 2.68 bits per heavy atom. The van der Waals surface area contributed by atoms with Gasteiger partial charge in [0.2, 0.25) is 0 Å². The van der Waals surface area contributed by atoms with E-state index in [0.717, 1.165) is 24.0 Å². The number of para-hydroxylation sites is 1. The van der Waals surface area contributed by atoms with Crippen molar-refractivity contribution in [1.82, 2.24) is 25.1 Å². The van der Waals surface area contributed by atoms with Gasteiger partial charge in [0, 0.05) is 12.1 Å². The van der Waals surface area contributed by atoms with E-state index in [0.29, 0.717) is 53.2 Å². The third-order valence-electron chi connectivity index (χ3n) is 6.89. The molecule has 0 saturated heterocycles. The van der Waals surface area contributed by atoms with Crippen molar-refractivity contribution in [1.29, 1.82) is 0 Å². The molecule has 10 heteroatoms. The number of hydrogen-bond acceptors (Lipinski definition) is 7. The summed E-state index contributed by atoms with van der Waals surface area (Å²) < 4.78 is 7.09. The highest BCUT2D eigenvalue weighted by Crippen LogP contribution is 2.37. The summed E-state index contributed by atoms with van der Waals surface area (Å²) in [5, 5.41) is 18.0. The number of amides is 1. The number of carboxylic acid groups (broad SMARTS) is 1. The minimum absolute atomic E-state index is 0.0788. The van der Waals surface area contributed by atoms with Crippen molar-refractivity contribution in [3.8, 4) is 17.0 Å². The summed E-state index contributed by atoms with van der Waals surface area (Å²) >= 11 is 0. The zero-order valence-electron chi connectivity index (χ0n) is 20.4. The molecular formula is C27H28N6O4. The molecule has 1 saturated carbocycles. The number of hydrogen-bond donors (Lipinski definition) is 3. The number of fused-ring (bicyclic) bond motifs is 1. The molecule has 1 fully saturated rings. The molecule has 2 aromatic heterocycles. The van der Waals surface area contributed by atoms with Crippen molar-refractivity contribution in [3.05, 3.63) is 66.0 Å². The first-order valence-corrected chi connectivity index (χ1v) is 12.2. The molecule has 190 valence electrons. The lowest BCUT2D eigenvalue weighted by molar-refractivity contribution is -0.143. The molecule has 2 aromatic carbocycles. The van der Waals surface area contributed by atoms with Gasteiger partial charge in [0.15, 0.2) is 5.65 Å². The Balaban J connectivity index is 1.39. The van der Waals surface area contributed by atoms with Crippen LogP contribution in [0.4, 0.5) is 5.82 Å². The molecule has 4 N–H and O–H groups in total. The molecule has 2 unspecified atom stereocenters. The second kappa shape index (κ2) is 10.3. The SMILES string of the molecule is COc1ccccc1C(=O)NCc1ccc(-c2nn(C3CCCC(C(=O)O)C3)c3ncnc(N)c23)cc1. The summed E-state index contributed by atoms with van der Waals surface area (Å²) in [6, 6.07) is 14.7. The quantitative estimate of drug-likeness (QED) is 0.347. The number of aromatic nitrogens is 4. The normalized spacial score (nSPS) is 17.4. The Hall–Kier alpha value is -4.47. The molecule has 37 heavy (non-hydrogen) atoms. The summed E-state index contributed by atoms with van der Waals surface area (Å²) in [7, 11) is 1.53. The van der Waals surface area contributed by atoms with E-state index in [1.807, 2.05) is 35.0 Å². The Bertz CT molecular complexity index is 1450. The van der Waals surface area contributed by atoms with E-state index < -0.39 is 11.9 Å². The number of aliphatic carboxylic acids is 1. The van der Waals surface area contributed by atoms with Gasteiger partial charge >= 0.3 is 5.97 Å². The fourth-order valence-corrected chi connectivity index (χ4v) is 4.95. The summed E-state index contributed by atoms with van der Waals surface area (Å²) in [6.07, 6.45) is 4.22. The topological polar surface area (TPSA) is 145 Å². The van der Waals surface area contributed by atoms with Crippen LogP contribution in [-0.2, 0) is 11.3 Å². The van der Waals surface area contributed by atoms with Crippen molar-refractivity contribution in [3.63, 3.8) is 0 Å². The monoisotopic (exact) mass is 500 g/mol. The molecule has 1 aliphatic carbocycles. The molecular weight excluding hydrogens is 472 g/mol. The summed E-state index contributed by atoms with van der Waals surface area (Å²) in [4.78, 5) is 32.8. The number of nitrogens with one attached hydrogen (secondary N) is 1. The molecule has 0 aliphatic heterocycles. The highest BCUT2D eigenvalue weighted by molar-refractivity contribution is 5.98. The van der Waals surface area contributed by atoms with Gasteiger partial charge in [-0.1, -0.05) is 42.8 Å². The van der Waals surface area contributed by atoms with E-state index in [1.54, 1.807) is 18.2 Å². The average Bonchev–Trinajstić information content (AvgIpc) is 3.33. The number of nitrogens with two attached hydrogens (primary N) is 1. The van der Waals surface area contributed by atoms with Gasteiger partial charge < -0.3 is 20.9 Å². The van der Waals surface area contributed by atoms with Gasteiger partial charge in [0.25, 0.3) is 5.91 Å². The number of methoxy groups -OCH3 is 1. The molecule has 10 nitrogen and oxygen atoms in total. The first-order valence-electron chi connectivity index (χ1n) is 12.2. The van der Waals surface area contributed by atoms with Crippen molar-refractivity contribution >= 4 is 28.7 Å². The largest absolute Gasteiger partial charge is 0.496 e. The van der Waals surface area contributed by atoms with Crippen LogP contribution in [0, 0.1) is 5.92 Å². The lowest BCUT2D eigenvalue weighted by Crippen LogP contribution is -2.25. The highest BCUT2D eigenvalue weighted by atomic mass is 16.5. The number of anilines is 1. The fraction of sp³-hybridized carbons (Fsp3) is 0.296. The summed E-state index contributed by atoms with van der Waals surface area (Å²) in [5.41, 5.74) is 9.71. The zero-order valence-corrected chi connectivity index (χ0v) is 20.4. The third kappa shape index (κ3) is 4.82. The van der Waals surface area contributed by atoms with Crippen LogP contribution >= 0.6 is 0 Å². The predicted molar refractivity (Wildman–Crippen MR) is 138 cm³/mol. The maximum absolute atomic E-state index is 12.6. The number of benzene rings is 2. The van der Waals surface area contributed by atoms with Crippen molar-refractivity contribution in [2.45, 2.75) is 38.3 Å². The second-order valence-corrected chi connectivity index (χ2v) is 9.19. The van der Waals surface area contributed by atoms with Gasteiger partial charge in [-0.25, -0.2) is 14.6 Å². The van der Waals surface area contributed by atoms with Crippen molar-refractivity contribution in [2.24, 2.45) is 5.92 Å². The Morgan fingerprint density at radius 2 is 1.92 bits per heavy atom. The standard InChI is InChI=1S/C27H28N6O4/c1-37-21-8-3-2-7-20(21)26(34)29-14-16-9-11-17(12-10-16)23-22-24(28)30-15-31-25(22)33(32-23)19-6-4-5-18(13-19)27(35)36/h2-3,7-12,15,18-19H,4-6,13-14H2,1H3,(H,29,34)(H,35,36)(H2,28,30,31). The average molecular weight is 501 g/mol. The van der Waals surface area contributed by atoms with Gasteiger partial charge in [0.05, 0.1) is 30.0 Å². The first-order chi connectivity index (χ1) is 18.0. The molecule has 0 bridgehead atoms. The predicted octanol–water partition coefficient (Wildman–Crippen LogP) is 3.83. The van der Waals surface area contributed by atoms with Gasteiger partial charge in [0.1, 0.15) is 23.6 Å². The lowest BCUT2D eigenvalue weighted by atomic mass is 9.86. The first kappa shape index (κ1) is 24.2. The van der Waals surface area contributed by atoms with Crippen molar-refractivity contribution in [2.75, 3.05) is 12.8 Å². The van der Waals surface area contributed by atoms with Crippen LogP contribution in [0.15, 0.2) is 54.9 Å². The number of carbonyl (C=O) groups excluding carboxylic acids is 1. The minimum atomic E-state index is -0.774. The van der Waals surface area contributed by atoms with E-state index in [9.17, 15) is 14.7 Å². The van der Waals surface area contributed by atoms with E-state index in [2.05, 4.69) is 15.3 Å². The van der Waals surface area contributed by atoms with Crippen LogP contribution in [0.2, 0.25) is 0 Å². The third-order valence-corrected chi connectivity index (χ3v) is 6.89. The summed E-state index contributed by atoms with van der Waals surface area (Å²) in [5.74, 6) is -0.548. The van der Waals surface area contributed by atoms with E-state index >= 15 is 0 Å². The van der Waals surface area contributed by atoms with Gasteiger partial charge in [-0.05, 0) is 37.0 Å². The number of carbonyl (C=O) groups is 2. The fourth-order valence-electron chi connectivity index (χ4n) is 4.95. The number of nitrogens with zero attached hydrogens (tertiary/aromatic N) is 4. The van der Waals surface area contributed by atoms with E-state index in [-0.39, 0.29) is 11.9 Å². The van der Waals surface area contributed by atoms with Gasteiger partial charge in [-0.15, -0.1) is 0 Å². The number of carboxylic acids is 1. The molecule has 1 amide bonds. The smallest absolute Gasteiger partial charge is 0.306 e. The number of nitrogen functional groups attached to an aromatic ring is 1. The van der Waals surface area contributed by atoms with Gasteiger partial charge in [-0.3, -0.25) is 9.59 Å². The van der Waals surface area contributed by atoms with Crippen LogP contribution in [-0.4, -0.2) is 43.8 Å². The van der Waals surface area contributed by atoms with Crippen LogP contribution < -0.4 is 15.8 Å². The highest BCUT2D eigenvalue weighted by Gasteiger charge is 2.31. The van der Waals surface area contributed by atoms with E-state index in [1.165, 1.54) is 13.4 Å². The lowest BCUT2D eigenvalue weighted by Gasteiger charge is -2.27. The number of rotatable bonds is 7. The Morgan fingerprint density at radius 1 is 1.14 bits per heavy atom. The van der Waals surface area contributed by atoms with Crippen molar-refractivity contribution < 1.29 is 19.4 Å².